The lowest BCUT2D eigenvalue weighted by Crippen LogP contribution is -2.24. The maximum atomic E-state index is 8.05. The number of hydrogen-bond donors (Lipinski definition) is 2. The highest BCUT2D eigenvalue weighted by atomic mass is 16.5. The Kier molecular flexibility index (Phi) is 6.15. The molecule has 19 heavy (non-hydrogen) atoms. The van der Waals surface area contributed by atoms with Gasteiger partial charge in [0.25, 0.3) is 0 Å². The fraction of sp³-hybridized carbons (Fsp3) is 0.500. The number of methoxy groups -OCH3 is 2. The summed E-state index contributed by atoms with van der Waals surface area (Å²) in [6.45, 7) is 5.04. The minimum atomic E-state index is -0.0189. The maximum Gasteiger partial charge on any atom is 0.146 e. The number of amidine groups is 1. The second-order valence-electron chi connectivity index (χ2n) is 4.14. The van der Waals surface area contributed by atoms with E-state index in [4.69, 9.17) is 19.6 Å². The van der Waals surface area contributed by atoms with Gasteiger partial charge in [0, 0.05) is 12.5 Å². The monoisotopic (exact) mass is 266 g/mol. The first-order valence-corrected chi connectivity index (χ1v) is 6.28. The van der Waals surface area contributed by atoms with Gasteiger partial charge in [-0.05, 0) is 19.1 Å². The van der Waals surface area contributed by atoms with Gasteiger partial charge in [-0.3, -0.25) is 5.41 Å². The van der Waals surface area contributed by atoms with Gasteiger partial charge in [0.15, 0.2) is 0 Å². The van der Waals surface area contributed by atoms with Crippen molar-refractivity contribution in [1.29, 1.82) is 5.41 Å². The van der Waals surface area contributed by atoms with E-state index in [0.29, 0.717) is 36.2 Å². The van der Waals surface area contributed by atoms with E-state index in [1.807, 2.05) is 32.0 Å². The first-order chi connectivity index (χ1) is 9.13. The zero-order valence-electron chi connectivity index (χ0n) is 11.9. The molecule has 1 aromatic carbocycles. The van der Waals surface area contributed by atoms with Gasteiger partial charge in [-0.1, -0.05) is 13.0 Å². The van der Waals surface area contributed by atoms with Crippen LogP contribution in [-0.2, 0) is 4.74 Å². The van der Waals surface area contributed by atoms with E-state index in [9.17, 15) is 0 Å². The van der Waals surface area contributed by atoms with Gasteiger partial charge in [-0.2, -0.15) is 0 Å². The van der Waals surface area contributed by atoms with Crippen LogP contribution in [0.4, 0.5) is 5.69 Å². The number of benzene rings is 1. The van der Waals surface area contributed by atoms with Crippen LogP contribution in [0.3, 0.4) is 0 Å². The van der Waals surface area contributed by atoms with Gasteiger partial charge >= 0.3 is 0 Å². The number of para-hydroxylation sites is 1. The lowest BCUT2D eigenvalue weighted by Gasteiger charge is -2.18. The summed E-state index contributed by atoms with van der Waals surface area (Å²) in [4.78, 5) is 0. The summed E-state index contributed by atoms with van der Waals surface area (Å²) in [6, 6.07) is 5.49. The molecule has 2 N–H and O–H groups in total. The highest BCUT2D eigenvalue weighted by molar-refractivity contribution is 5.97. The number of anilines is 1. The number of hydrogen-bond acceptors (Lipinski definition) is 4. The minimum Gasteiger partial charge on any atom is -0.494 e. The molecule has 0 amide bonds. The number of nitrogens with one attached hydrogen (secondary N) is 2. The predicted molar refractivity (Wildman–Crippen MR) is 76.6 cm³/mol. The Hall–Kier alpha value is -1.75. The Balaban J connectivity index is 2.83. The SMILES string of the molecule is CCOC[C@@H](C)C(=N)Nc1c(OC)cccc1OC. The smallest absolute Gasteiger partial charge is 0.146 e. The third kappa shape index (κ3) is 4.13. The zero-order chi connectivity index (χ0) is 14.3. The first kappa shape index (κ1) is 15.3. The molecule has 0 aromatic heterocycles. The van der Waals surface area contributed by atoms with Gasteiger partial charge < -0.3 is 19.5 Å². The number of ether oxygens (including phenoxy) is 3. The summed E-state index contributed by atoms with van der Waals surface area (Å²) in [7, 11) is 3.18. The molecule has 0 aliphatic heterocycles. The summed E-state index contributed by atoms with van der Waals surface area (Å²) < 4.78 is 15.9. The summed E-state index contributed by atoms with van der Waals surface area (Å²) in [5.74, 6) is 1.64. The summed E-state index contributed by atoms with van der Waals surface area (Å²) in [5.41, 5.74) is 0.667. The van der Waals surface area contributed by atoms with Crippen molar-refractivity contribution >= 4 is 11.5 Å². The van der Waals surface area contributed by atoms with Crippen LogP contribution in [-0.4, -0.2) is 33.3 Å². The molecule has 0 radical (unpaired) electrons. The zero-order valence-corrected chi connectivity index (χ0v) is 11.9. The molecule has 0 spiro atoms. The molecule has 0 aliphatic carbocycles. The van der Waals surface area contributed by atoms with E-state index in [1.54, 1.807) is 14.2 Å². The largest absolute Gasteiger partial charge is 0.494 e. The van der Waals surface area contributed by atoms with E-state index in [0.717, 1.165) is 0 Å². The maximum absolute atomic E-state index is 8.05. The van der Waals surface area contributed by atoms with Crippen LogP contribution >= 0.6 is 0 Å². The van der Waals surface area contributed by atoms with Crippen molar-refractivity contribution in [3.05, 3.63) is 18.2 Å². The fourth-order valence-electron chi connectivity index (χ4n) is 1.61. The topological polar surface area (TPSA) is 63.6 Å². The average Bonchev–Trinajstić information content (AvgIpc) is 2.44. The quantitative estimate of drug-likeness (QED) is 0.588. The van der Waals surface area contributed by atoms with E-state index >= 15 is 0 Å². The van der Waals surface area contributed by atoms with E-state index in [-0.39, 0.29) is 5.92 Å². The van der Waals surface area contributed by atoms with Crippen molar-refractivity contribution in [2.24, 2.45) is 5.92 Å². The van der Waals surface area contributed by atoms with Gasteiger partial charge in [-0.15, -0.1) is 0 Å². The van der Waals surface area contributed by atoms with Gasteiger partial charge in [0.05, 0.1) is 20.8 Å². The van der Waals surface area contributed by atoms with Crippen molar-refractivity contribution in [2.75, 3.05) is 32.8 Å². The van der Waals surface area contributed by atoms with Crippen molar-refractivity contribution in [2.45, 2.75) is 13.8 Å². The van der Waals surface area contributed by atoms with Crippen LogP contribution in [0.15, 0.2) is 18.2 Å². The normalized spacial score (nSPS) is 11.8. The van der Waals surface area contributed by atoms with Gasteiger partial charge in [0.1, 0.15) is 23.0 Å². The molecule has 1 rings (SSSR count). The molecule has 5 nitrogen and oxygen atoms in total. The molecule has 0 saturated carbocycles. The lowest BCUT2D eigenvalue weighted by atomic mass is 10.1. The molecule has 5 heteroatoms. The molecule has 1 aromatic rings. The van der Waals surface area contributed by atoms with Crippen molar-refractivity contribution in [3.63, 3.8) is 0 Å². The van der Waals surface area contributed by atoms with Crippen LogP contribution in [0.2, 0.25) is 0 Å². The molecule has 0 unspecified atom stereocenters. The van der Waals surface area contributed by atoms with Crippen molar-refractivity contribution < 1.29 is 14.2 Å². The minimum absolute atomic E-state index is 0.0189. The number of rotatable bonds is 7. The van der Waals surface area contributed by atoms with Gasteiger partial charge in [-0.25, -0.2) is 0 Å². The predicted octanol–water partition coefficient (Wildman–Crippen LogP) is 2.77. The van der Waals surface area contributed by atoms with Gasteiger partial charge in [0.2, 0.25) is 0 Å². The fourth-order valence-corrected chi connectivity index (χ4v) is 1.61. The third-order valence-corrected chi connectivity index (χ3v) is 2.75. The third-order valence-electron chi connectivity index (χ3n) is 2.75. The highest BCUT2D eigenvalue weighted by Crippen LogP contribution is 2.34. The van der Waals surface area contributed by atoms with Crippen LogP contribution in [0.1, 0.15) is 13.8 Å². The summed E-state index contributed by atoms with van der Waals surface area (Å²) >= 11 is 0. The van der Waals surface area contributed by atoms with Crippen molar-refractivity contribution in [3.8, 4) is 11.5 Å². The van der Waals surface area contributed by atoms with E-state index < -0.39 is 0 Å². The van der Waals surface area contributed by atoms with Crippen LogP contribution in [0.25, 0.3) is 0 Å². The Morgan fingerprint density at radius 3 is 2.32 bits per heavy atom. The molecule has 0 fully saturated rings. The molecule has 0 saturated heterocycles. The van der Waals surface area contributed by atoms with Crippen LogP contribution < -0.4 is 14.8 Å². The summed E-state index contributed by atoms with van der Waals surface area (Å²) in [5, 5.41) is 11.1. The Bertz CT molecular complexity index is 399. The molecule has 106 valence electrons. The van der Waals surface area contributed by atoms with Crippen LogP contribution in [0.5, 0.6) is 11.5 Å². The molecular weight excluding hydrogens is 244 g/mol. The average molecular weight is 266 g/mol. The lowest BCUT2D eigenvalue weighted by molar-refractivity contribution is 0.133. The summed E-state index contributed by atoms with van der Waals surface area (Å²) in [6.07, 6.45) is 0. The molecule has 0 bridgehead atoms. The Morgan fingerprint density at radius 2 is 1.84 bits per heavy atom. The Labute approximate surface area is 114 Å². The second kappa shape index (κ2) is 7.63. The van der Waals surface area contributed by atoms with E-state index in [1.165, 1.54) is 0 Å². The highest BCUT2D eigenvalue weighted by Gasteiger charge is 2.15. The standard InChI is InChI=1S/C14H22N2O3/c1-5-19-9-10(2)14(15)16-13-11(17-3)7-6-8-12(13)18-4/h6-8,10H,5,9H2,1-4H3,(H2,15,16)/t10-/m1/s1. The van der Waals surface area contributed by atoms with Crippen LogP contribution in [0, 0.1) is 11.3 Å². The second-order valence-corrected chi connectivity index (χ2v) is 4.14. The van der Waals surface area contributed by atoms with Crippen molar-refractivity contribution in [1.82, 2.24) is 0 Å². The molecule has 1 atom stereocenters. The molecule has 0 heterocycles. The molecular formula is C14H22N2O3. The molecule has 0 aliphatic rings. The Morgan fingerprint density at radius 1 is 1.26 bits per heavy atom. The first-order valence-electron chi connectivity index (χ1n) is 6.28. The van der Waals surface area contributed by atoms with E-state index in [2.05, 4.69) is 5.32 Å².